The second-order valence-corrected chi connectivity index (χ2v) is 7.91. The number of hydrogen-bond donors (Lipinski definition) is 0. The topological polar surface area (TPSA) is 9.72 Å². The Morgan fingerprint density at radius 2 is 1.54 bits per heavy atom. The van der Waals surface area contributed by atoms with Gasteiger partial charge in [0.25, 0.3) is 0 Å². The van der Waals surface area contributed by atoms with E-state index >= 15 is 0 Å². The molecule has 2 heterocycles. The molecule has 0 amide bonds. The summed E-state index contributed by atoms with van der Waals surface area (Å²) in [7, 11) is 0. The smallest absolute Gasteiger partial charge is 0.0369 e. The summed E-state index contributed by atoms with van der Waals surface area (Å²) in [6.45, 7) is 20.9. The van der Waals surface area contributed by atoms with Crippen molar-refractivity contribution in [1.29, 1.82) is 0 Å². The lowest BCUT2D eigenvalue weighted by Crippen LogP contribution is -2.48. The molecule has 0 aliphatic carbocycles. The molecule has 148 valence electrons. The molecule has 2 aliphatic heterocycles. The number of piperidine rings is 1. The van der Waals surface area contributed by atoms with Gasteiger partial charge < -0.3 is 14.7 Å². The molecule has 1 aromatic carbocycles. The van der Waals surface area contributed by atoms with E-state index in [1.165, 1.54) is 76.5 Å². The summed E-state index contributed by atoms with van der Waals surface area (Å²) in [4.78, 5) is 7.87. The minimum absolute atomic E-state index is 0.615. The van der Waals surface area contributed by atoms with Crippen molar-refractivity contribution in [3.63, 3.8) is 0 Å². The zero-order valence-corrected chi connectivity index (χ0v) is 17.9. The Kier molecular flexibility index (Phi) is 8.94. The van der Waals surface area contributed by atoms with E-state index in [9.17, 15) is 0 Å². The van der Waals surface area contributed by atoms with Crippen molar-refractivity contribution in [3.8, 4) is 0 Å². The van der Waals surface area contributed by atoms with Crippen LogP contribution in [0.15, 0.2) is 24.3 Å². The molecule has 0 N–H and O–H groups in total. The van der Waals surface area contributed by atoms with Crippen LogP contribution in [0.1, 0.15) is 58.9 Å². The number of benzene rings is 1. The molecule has 26 heavy (non-hydrogen) atoms. The van der Waals surface area contributed by atoms with E-state index in [-0.39, 0.29) is 0 Å². The maximum absolute atomic E-state index is 2.70. The SMILES string of the molecule is CC.CCN1CCN(CC2CCN(c3cccc(C(C)C)c3)CC2)CC1. The van der Waals surface area contributed by atoms with Crippen molar-refractivity contribution in [3.05, 3.63) is 29.8 Å². The summed E-state index contributed by atoms with van der Waals surface area (Å²) in [5, 5.41) is 0. The van der Waals surface area contributed by atoms with E-state index in [0.717, 1.165) is 5.92 Å². The molecule has 0 radical (unpaired) electrons. The van der Waals surface area contributed by atoms with E-state index < -0.39 is 0 Å². The van der Waals surface area contributed by atoms with Crippen LogP contribution in [0.5, 0.6) is 0 Å². The summed E-state index contributed by atoms with van der Waals surface area (Å²) in [6.07, 6.45) is 2.69. The normalized spacial score (nSPS) is 20.2. The van der Waals surface area contributed by atoms with Gasteiger partial charge in [0, 0.05) is 51.5 Å². The fourth-order valence-electron chi connectivity index (χ4n) is 4.11. The summed E-state index contributed by atoms with van der Waals surface area (Å²) in [5.41, 5.74) is 2.89. The molecular weight excluding hydrogens is 318 g/mol. The fraction of sp³-hybridized carbons (Fsp3) is 0.739. The van der Waals surface area contributed by atoms with Gasteiger partial charge in [0.1, 0.15) is 0 Å². The lowest BCUT2D eigenvalue weighted by Gasteiger charge is -2.39. The second-order valence-electron chi connectivity index (χ2n) is 7.91. The van der Waals surface area contributed by atoms with Gasteiger partial charge in [-0.1, -0.05) is 46.8 Å². The molecule has 2 fully saturated rings. The highest BCUT2D eigenvalue weighted by atomic mass is 15.3. The quantitative estimate of drug-likeness (QED) is 0.755. The van der Waals surface area contributed by atoms with Crippen LogP contribution >= 0.6 is 0 Å². The van der Waals surface area contributed by atoms with Gasteiger partial charge in [-0.2, -0.15) is 0 Å². The number of likely N-dealkylation sites (N-methyl/N-ethyl adjacent to an activating group) is 1. The first-order valence-corrected chi connectivity index (χ1v) is 11.0. The Morgan fingerprint density at radius 1 is 0.923 bits per heavy atom. The molecule has 0 aromatic heterocycles. The van der Waals surface area contributed by atoms with Gasteiger partial charge in [-0.05, 0) is 48.9 Å². The van der Waals surface area contributed by atoms with E-state index in [2.05, 4.69) is 59.7 Å². The number of hydrogen-bond acceptors (Lipinski definition) is 3. The summed E-state index contributed by atoms with van der Waals surface area (Å²) >= 11 is 0. The van der Waals surface area contributed by atoms with Crippen LogP contribution in [0, 0.1) is 5.92 Å². The van der Waals surface area contributed by atoms with E-state index in [0.29, 0.717) is 5.92 Å². The van der Waals surface area contributed by atoms with Crippen molar-refractivity contribution < 1.29 is 0 Å². The Morgan fingerprint density at radius 3 is 2.12 bits per heavy atom. The van der Waals surface area contributed by atoms with Gasteiger partial charge in [0.2, 0.25) is 0 Å². The summed E-state index contributed by atoms with van der Waals surface area (Å²) in [6, 6.07) is 9.17. The van der Waals surface area contributed by atoms with Gasteiger partial charge in [-0.25, -0.2) is 0 Å². The molecule has 3 nitrogen and oxygen atoms in total. The number of anilines is 1. The maximum atomic E-state index is 2.70. The van der Waals surface area contributed by atoms with E-state index in [1.807, 2.05) is 13.8 Å². The van der Waals surface area contributed by atoms with Crippen LogP contribution in [-0.2, 0) is 0 Å². The first-order valence-electron chi connectivity index (χ1n) is 11.0. The van der Waals surface area contributed by atoms with Gasteiger partial charge >= 0.3 is 0 Å². The van der Waals surface area contributed by atoms with Gasteiger partial charge in [0.15, 0.2) is 0 Å². The Balaban J connectivity index is 0.00000117. The Bertz CT molecular complexity index is 498. The summed E-state index contributed by atoms with van der Waals surface area (Å²) < 4.78 is 0. The molecule has 2 saturated heterocycles. The minimum Gasteiger partial charge on any atom is -0.372 e. The molecular formula is C23H41N3. The zero-order valence-electron chi connectivity index (χ0n) is 17.9. The third kappa shape index (κ3) is 5.99. The zero-order chi connectivity index (χ0) is 18.9. The fourth-order valence-corrected chi connectivity index (χ4v) is 4.11. The predicted octanol–water partition coefficient (Wildman–Crippen LogP) is 4.69. The molecule has 0 bridgehead atoms. The third-order valence-electron chi connectivity index (χ3n) is 5.95. The van der Waals surface area contributed by atoms with Crippen molar-refractivity contribution in [2.24, 2.45) is 5.92 Å². The Labute approximate surface area is 162 Å². The molecule has 3 heteroatoms. The lowest BCUT2D eigenvalue weighted by molar-refractivity contribution is 0.116. The number of piperazine rings is 1. The lowest BCUT2D eigenvalue weighted by atomic mass is 9.95. The van der Waals surface area contributed by atoms with Crippen molar-refractivity contribution in [2.45, 2.75) is 53.4 Å². The molecule has 0 atom stereocenters. The molecule has 1 aromatic rings. The van der Waals surface area contributed by atoms with Gasteiger partial charge in [-0.3, -0.25) is 0 Å². The average molecular weight is 360 g/mol. The van der Waals surface area contributed by atoms with Crippen LogP contribution in [0.2, 0.25) is 0 Å². The largest absolute Gasteiger partial charge is 0.372 e. The molecule has 0 saturated carbocycles. The minimum atomic E-state index is 0.615. The monoisotopic (exact) mass is 359 g/mol. The van der Waals surface area contributed by atoms with E-state index in [4.69, 9.17) is 0 Å². The van der Waals surface area contributed by atoms with Crippen LogP contribution < -0.4 is 4.90 Å². The van der Waals surface area contributed by atoms with Crippen molar-refractivity contribution >= 4 is 5.69 Å². The number of rotatable bonds is 5. The average Bonchev–Trinajstić information content (AvgIpc) is 2.71. The third-order valence-corrected chi connectivity index (χ3v) is 5.95. The summed E-state index contributed by atoms with van der Waals surface area (Å²) in [5.74, 6) is 1.51. The van der Waals surface area contributed by atoms with E-state index in [1.54, 1.807) is 0 Å². The first kappa shape index (κ1) is 21.2. The van der Waals surface area contributed by atoms with Crippen LogP contribution in [0.4, 0.5) is 5.69 Å². The molecule has 0 unspecified atom stereocenters. The van der Waals surface area contributed by atoms with Crippen molar-refractivity contribution in [2.75, 3.05) is 57.3 Å². The highest BCUT2D eigenvalue weighted by Crippen LogP contribution is 2.26. The van der Waals surface area contributed by atoms with Crippen molar-refractivity contribution in [1.82, 2.24) is 9.80 Å². The first-order chi connectivity index (χ1) is 12.7. The number of nitrogens with zero attached hydrogens (tertiary/aromatic N) is 3. The predicted molar refractivity (Wildman–Crippen MR) is 115 cm³/mol. The Hall–Kier alpha value is -1.06. The van der Waals surface area contributed by atoms with Crippen LogP contribution in [-0.4, -0.2) is 62.2 Å². The van der Waals surface area contributed by atoms with Crippen LogP contribution in [0.25, 0.3) is 0 Å². The molecule has 0 spiro atoms. The maximum Gasteiger partial charge on any atom is 0.0369 e. The highest BCUT2D eigenvalue weighted by Gasteiger charge is 2.23. The van der Waals surface area contributed by atoms with Gasteiger partial charge in [-0.15, -0.1) is 0 Å². The standard InChI is InChI=1S/C21H35N3.C2H6/c1-4-22-12-14-23(15-13-22)17-19-8-10-24(11-9-19)21-7-5-6-20(16-21)18(2)3;1-2/h5-7,16,18-19H,4,8-15,17H2,1-3H3;1-2H3. The highest BCUT2D eigenvalue weighted by molar-refractivity contribution is 5.49. The molecule has 3 rings (SSSR count). The molecule has 2 aliphatic rings. The van der Waals surface area contributed by atoms with Gasteiger partial charge in [0.05, 0.1) is 0 Å². The van der Waals surface area contributed by atoms with Crippen LogP contribution in [0.3, 0.4) is 0 Å². The second kappa shape index (κ2) is 10.9.